The van der Waals surface area contributed by atoms with E-state index in [0.717, 1.165) is 31.4 Å². The Morgan fingerprint density at radius 3 is 2.50 bits per heavy atom. The number of ether oxygens (including phenoxy) is 1. The van der Waals surface area contributed by atoms with Crippen molar-refractivity contribution in [2.75, 3.05) is 52.5 Å². The van der Waals surface area contributed by atoms with Crippen LogP contribution in [0.15, 0.2) is 22.9 Å². The summed E-state index contributed by atoms with van der Waals surface area (Å²) in [5, 5.41) is 8.64. The lowest BCUT2D eigenvalue weighted by Crippen LogP contribution is -2.47. The first-order valence-corrected chi connectivity index (χ1v) is 13.0. The van der Waals surface area contributed by atoms with Crippen LogP contribution in [0, 0.1) is 12.3 Å². The Balaban J connectivity index is 1.30. The van der Waals surface area contributed by atoms with Crippen molar-refractivity contribution >= 4 is 11.8 Å². The Hall–Kier alpha value is -2.85. The zero-order valence-electron chi connectivity index (χ0n) is 21.5. The Morgan fingerprint density at radius 2 is 1.83 bits per heavy atom. The third-order valence-corrected chi connectivity index (χ3v) is 7.78. The molecule has 3 saturated heterocycles. The number of aromatic nitrogens is 3. The number of morpholine rings is 1. The van der Waals surface area contributed by atoms with Crippen LogP contribution in [0.4, 0.5) is 0 Å². The number of rotatable bonds is 5. The molecule has 10 nitrogen and oxygen atoms in total. The van der Waals surface area contributed by atoms with Gasteiger partial charge in [0.1, 0.15) is 0 Å². The molecule has 5 heterocycles. The maximum Gasteiger partial charge on any atom is 0.255 e. The fourth-order valence-corrected chi connectivity index (χ4v) is 5.66. The van der Waals surface area contributed by atoms with Crippen molar-refractivity contribution in [2.45, 2.75) is 52.0 Å². The summed E-state index contributed by atoms with van der Waals surface area (Å²) in [6, 6.07) is 1.80. The van der Waals surface area contributed by atoms with Gasteiger partial charge in [0.15, 0.2) is 0 Å². The predicted molar refractivity (Wildman–Crippen MR) is 131 cm³/mol. The molecule has 0 bridgehead atoms. The number of amides is 2. The number of hydrogen-bond acceptors (Lipinski definition) is 8. The number of likely N-dealkylation sites (tertiary alicyclic amines) is 2. The fraction of sp³-hybridized carbons (Fsp3) is 0.654. The van der Waals surface area contributed by atoms with E-state index in [9.17, 15) is 9.59 Å². The van der Waals surface area contributed by atoms with Crippen LogP contribution in [0.5, 0.6) is 0 Å². The van der Waals surface area contributed by atoms with Gasteiger partial charge in [-0.15, -0.1) is 10.2 Å². The second kappa shape index (κ2) is 10.3. The molecule has 1 atom stereocenters. The molecule has 10 heteroatoms. The monoisotopic (exact) mass is 496 g/mol. The molecular weight excluding hydrogens is 460 g/mol. The fourth-order valence-electron chi connectivity index (χ4n) is 5.66. The van der Waals surface area contributed by atoms with Gasteiger partial charge in [0.05, 0.1) is 31.4 Å². The lowest BCUT2D eigenvalue weighted by molar-refractivity contribution is -0.136. The molecule has 3 fully saturated rings. The average Bonchev–Trinajstić information content (AvgIpc) is 3.50. The van der Waals surface area contributed by atoms with Crippen molar-refractivity contribution in [3.05, 3.63) is 41.4 Å². The van der Waals surface area contributed by atoms with Gasteiger partial charge in [0.25, 0.3) is 5.91 Å². The van der Waals surface area contributed by atoms with Gasteiger partial charge in [-0.05, 0) is 43.2 Å². The number of pyridine rings is 1. The summed E-state index contributed by atoms with van der Waals surface area (Å²) in [6.07, 6.45) is 6.00. The minimum atomic E-state index is -0.0989. The third-order valence-electron chi connectivity index (χ3n) is 7.78. The number of carbonyl (C=O) groups is 2. The predicted octanol–water partition coefficient (Wildman–Crippen LogP) is 2.42. The molecular formula is C26H36N6O4. The van der Waals surface area contributed by atoms with Crippen molar-refractivity contribution in [3.63, 3.8) is 0 Å². The lowest BCUT2D eigenvalue weighted by atomic mass is 9.76. The minimum absolute atomic E-state index is 0.00402. The van der Waals surface area contributed by atoms with E-state index in [1.54, 1.807) is 12.4 Å². The van der Waals surface area contributed by atoms with E-state index in [4.69, 9.17) is 9.15 Å². The van der Waals surface area contributed by atoms with Gasteiger partial charge in [0, 0.05) is 51.0 Å². The number of nitrogens with zero attached hydrogens (tertiary/aromatic N) is 6. The third kappa shape index (κ3) is 5.15. The van der Waals surface area contributed by atoms with E-state index in [1.165, 1.54) is 0 Å². The molecule has 1 spiro atoms. The number of aryl methyl sites for hydroxylation is 1. The molecule has 3 aliphatic rings. The van der Waals surface area contributed by atoms with Crippen LogP contribution in [0.2, 0.25) is 0 Å². The van der Waals surface area contributed by atoms with Crippen molar-refractivity contribution in [2.24, 2.45) is 5.41 Å². The van der Waals surface area contributed by atoms with Gasteiger partial charge in [0.2, 0.25) is 17.7 Å². The van der Waals surface area contributed by atoms with Crippen LogP contribution in [0.3, 0.4) is 0 Å². The topological polar surface area (TPSA) is 105 Å². The van der Waals surface area contributed by atoms with E-state index in [1.807, 2.05) is 36.6 Å². The summed E-state index contributed by atoms with van der Waals surface area (Å²) in [5.41, 5.74) is 1.62. The molecule has 194 valence electrons. The summed E-state index contributed by atoms with van der Waals surface area (Å²) in [6.45, 7) is 10.9. The van der Waals surface area contributed by atoms with Crippen LogP contribution in [0.1, 0.15) is 72.8 Å². The van der Waals surface area contributed by atoms with Crippen LogP contribution in [0.25, 0.3) is 0 Å². The van der Waals surface area contributed by atoms with E-state index in [2.05, 4.69) is 20.1 Å². The quantitative estimate of drug-likeness (QED) is 0.622. The molecule has 3 aliphatic heterocycles. The molecule has 5 rings (SSSR count). The largest absolute Gasteiger partial charge is 0.423 e. The van der Waals surface area contributed by atoms with Gasteiger partial charge in [-0.1, -0.05) is 13.8 Å². The maximum absolute atomic E-state index is 13.1. The molecule has 2 aromatic heterocycles. The highest BCUT2D eigenvalue weighted by Crippen LogP contribution is 2.49. The number of carbonyl (C=O) groups excluding carboxylic acids is 2. The van der Waals surface area contributed by atoms with Crippen molar-refractivity contribution in [3.8, 4) is 0 Å². The smallest absolute Gasteiger partial charge is 0.255 e. The molecule has 2 aromatic rings. The summed E-state index contributed by atoms with van der Waals surface area (Å²) in [5.74, 6) is 1.51. The molecule has 0 N–H and O–H groups in total. The molecule has 0 aromatic carbocycles. The second-order valence-corrected chi connectivity index (χ2v) is 10.8. The Morgan fingerprint density at radius 1 is 1.08 bits per heavy atom. The molecule has 2 amide bonds. The van der Waals surface area contributed by atoms with Crippen molar-refractivity contribution in [1.29, 1.82) is 0 Å². The summed E-state index contributed by atoms with van der Waals surface area (Å²) < 4.78 is 11.5. The standard InChI is InChI=1S/C26H36N6O4/c1-18(2)23-28-29-24(36-23)21-13-26(17-32(21)16-22(33)30-8-10-35-11-9-30)4-6-31(7-5-26)25(34)20-12-19(3)14-27-15-20/h12,14-15,18,21H,4-11,13,16-17H2,1-3H3. The highest BCUT2D eigenvalue weighted by Gasteiger charge is 2.49. The summed E-state index contributed by atoms with van der Waals surface area (Å²) in [7, 11) is 0. The number of hydrogen-bond donors (Lipinski definition) is 0. The van der Waals surface area contributed by atoms with Crippen LogP contribution in [-0.2, 0) is 9.53 Å². The van der Waals surface area contributed by atoms with Gasteiger partial charge in [-0.2, -0.15) is 0 Å². The summed E-state index contributed by atoms with van der Waals surface area (Å²) >= 11 is 0. The van der Waals surface area contributed by atoms with E-state index < -0.39 is 0 Å². The second-order valence-electron chi connectivity index (χ2n) is 10.8. The molecule has 0 aliphatic carbocycles. The van der Waals surface area contributed by atoms with E-state index in [-0.39, 0.29) is 29.2 Å². The number of piperidine rings is 1. The Labute approximate surface area is 212 Å². The minimum Gasteiger partial charge on any atom is -0.423 e. The van der Waals surface area contributed by atoms with Gasteiger partial charge >= 0.3 is 0 Å². The normalized spacial score (nSPS) is 22.5. The van der Waals surface area contributed by atoms with E-state index in [0.29, 0.717) is 63.3 Å². The first kappa shape index (κ1) is 24.8. The molecule has 1 unspecified atom stereocenters. The average molecular weight is 497 g/mol. The Bertz CT molecular complexity index is 1090. The van der Waals surface area contributed by atoms with Gasteiger partial charge in [-0.3, -0.25) is 19.5 Å². The first-order valence-electron chi connectivity index (χ1n) is 13.0. The first-order chi connectivity index (χ1) is 17.3. The highest BCUT2D eigenvalue weighted by molar-refractivity contribution is 5.94. The van der Waals surface area contributed by atoms with E-state index >= 15 is 0 Å². The van der Waals surface area contributed by atoms with Crippen LogP contribution in [-0.4, -0.2) is 94.2 Å². The molecule has 36 heavy (non-hydrogen) atoms. The van der Waals surface area contributed by atoms with Crippen molar-refractivity contribution in [1.82, 2.24) is 29.9 Å². The SMILES string of the molecule is Cc1cncc(C(=O)N2CCC3(CC2)CC(c2nnc(C(C)C)o2)N(CC(=O)N2CCOCC2)C3)c1. The van der Waals surface area contributed by atoms with Crippen LogP contribution >= 0.6 is 0 Å². The van der Waals surface area contributed by atoms with Gasteiger partial charge in [-0.25, -0.2) is 0 Å². The Kier molecular flexibility index (Phi) is 7.07. The lowest BCUT2D eigenvalue weighted by Gasteiger charge is -2.39. The molecule has 0 saturated carbocycles. The zero-order chi connectivity index (χ0) is 25.3. The van der Waals surface area contributed by atoms with Crippen molar-refractivity contribution < 1.29 is 18.7 Å². The zero-order valence-corrected chi connectivity index (χ0v) is 21.5. The maximum atomic E-state index is 13.1. The highest BCUT2D eigenvalue weighted by atomic mass is 16.5. The van der Waals surface area contributed by atoms with Crippen LogP contribution < -0.4 is 0 Å². The summed E-state index contributed by atoms with van der Waals surface area (Å²) in [4.78, 5) is 36.4. The van der Waals surface area contributed by atoms with Gasteiger partial charge < -0.3 is 19.0 Å². The molecule has 0 radical (unpaired) electrons.